The van der Waals surface area contributed by atoms with E-state index in [0.717, 1.165) is 33.5 Å². The quantitative estimate of drug-likeness (QED) is 0.604. The lowest BCUT2D eigenvalue weighted by Crippen LogP contribution is -2.07. The number of rotatable bonds is 7. The number of fused-ring (bicyclic) bond motifs is 1. The first kappa shape index (κ1) is 17.7. The van der Waals surface area contributed by atoms with Crippen molar-refractivity contribution in [3.05, 3.63) is 65.9 Å². The molecule has 0 aliphatic heterocycles. The van der Waals surface area contributed by atoms with E-state index in [9.17, 15) is 4.79 Å². The Bertz CT molecular complexity index is 890. The topological polar surface area (TPSA) is 57.7 Å². The minimum Gasteiger partial charge on any atom is -0.497 e. The highest BCUT2D eigenvalue weighted by Crippen LogP contribution is 2.22. The van der Waals surface area contributed by atoms with Gasteiger partial charge in [0.1, 0.15) is 18.1 Å². The van der Waals surface area contributed by atoms with E-state index in [0.29, 0.717) is 13.2 Å². The van der Waals surface area contributed by atoms with E-state index in [1.807, 2.05) is 48.5 Å². The molecule has 3 aromatic rings. The third kappa shape index (κ3) is 4.51. The fourth-order valence-electron chi connectivity index (χ4n) is 2.61. The van der Waals surface area contributed by atoms with Crippen LogP contribution in [0.15, 0.2) is 54.7 Å². The summed E-state index contributed by atoms with van der Waals surface area (Å²) < 4.78 is 16.0. The molecule has 0 bridgehead atoms. The second-order valence-electron chi connectivity index (χ2n) is 5.82. The Hall–Kier alpha value is -3.08. The number of ether oxygens (including phenoxy) is 3. The number of carbonyl (C=O) groups is 1. The average molecular weight is 351 g/mol. The fourth-order valence-corrected chi connectivity index (χ4v) is 2.61. The SMILES string of the molecule is CCOC(=O)Cc1cnc2ccc(OCc3ccc(OC)cc3)cc2c1. The third-order valence-electron chi connectivity index (χ3n) is 3.93. The van der Waals surface area contributed by atoms with E-state index >= 15 is 0 Å². The number of esters is 1. The zero-order valence-electron chi connectivity index (χ0n) is 14.9. The molecule has 0 aliphatic rings. The Kier molecular flexibility index (Phi) is 5.69. The van der Waals surface area contributed by atoms with Crippen LogP contribution in [-0.2, 0) is 22.6 Å². The summed E-state index contributed by atoms with van der Waals surface area (Å²) in [5.41, 5.74) is 2.73. The lowest BCUT2D eigenvalue weighted by atomic mass is 10.1. The van der Waals surface area contributed by atoms with E-state index in [1.54, 1.807) is 20.2 Å². The van der Waals surface area contributed by atoms with Crippen molar-refractivity contribution in [2.45, 2.75) is 20.0 Å². The minimum atomic E-state index is -0.249. The van der Waals surface area contributed by atoms with Gasteiger partial charge in [-0.1, -0.05) is 12.1 Å². The van der Waals surface area contributed by atoms with Crippen LogP contribution in [0.4, 0.5) is 0 Å². The number of nitrogens with zero attached hydrogens (tertiary/aromatic N) is 1. The van der Waals surface area contributed by atoms with E-state index in [1.165, 1.54) is 0 Å². The lowest BCUT2D eigenvalue weighted by molar-refractivity contribution is -0.142. The van der Waals surface area contributed by atoms with Crippen LogP contribution in [0.3, 0.4) is 0 Å². The minimum absolute atomic E-state index is 0.216. The van der Waals surface area contributed by atoms with Crippen molar-refractivity contribution in [1.29, 1.82) is 0 Å². The van der Waals surface area contributed by atoms with E-state index in [-0.39, 0.29) is 12.4 Å². The number of hydrogen-bond acceptors (Lipinski definition) is 5. The van der Waals surface area contributed by atoms with Crippen LogP contribution in [0.25, 0.3) is 10.9 Å². The van der Waals surface area contributed by atoms with Gasteiger partial charge in [-0.05, 0) is 54.4 Å². The maximum Gasteiger partial charge on any atom is 0.310 e. The van der Waals surface area contributed by atoms with Crippen LogP contribution < -0.4 is 9.47 Å². The summed E-state index contributed by atoms with van der Waals surface area (Å²) in [6.07, 6.45) is 1.92. The number of benzene rings is 2. The van der Waals surface area contributed by atoms with Gasteiger partial charge in [-0.3, -0.25) is 9.78 Å². The maximum atomic E-state index is 11.6. The zero-order chi connectivity index (χ0) is 18.4. The number of methoxy groups -OCH3 is 1. The van der Waals surface area contributed by atoms with Crippen molar-refractivity contribution in [2.24, 2.45) is 0 Å². The molecule has 0 saturated heterocycles. The first-order chi connectivity index (χ1) is 12.7. The summed E-state index contributed by atoms with van der Waals surface area (Å²) in [5.74, 6) is 1.32. The molecule has 0 radical (unpaired) electrons. The number of pyridine rings is 1. The largest absolute Gasteiger partial charge is 0.497 e. The molecule has 0 fully saturated rings. The summed E-state index contributed by atoms with van der Waals surface area (Å²) in [6.45, 7) is 2.64. The highest BCUT2D eigenvalue weighted by atomic mass is 16.5. The van der Waals surface area contributed by atoms with Crippen molar-refractivity contribution in [1.82, 2.24) is 4.98 Å². The molecule has 5 nitrogen and oxygen atoms in total. The molecule has 0 atom stereocenters. The van der Waals surface area contributed by atoms with Crippen molar-refractivity contribution < 1.29 is 19.0 Å². The van der Waals surface area contributed by atoms with Gasteiger partial charge in [0, 0.05) is 11.6 Å². The molecule has 5 heteroatoms. The van der Waals surface area contributed by atoms with Crippen LogP contribution in [0.1, 0.15) is 18.1 Å². The summed E-state index contributed by atoms with van der Waals surface area (Å²) in [5, 5.41) is 0.930. The van der Waals surface area contributed by atoms with E-state index < -0.39 is 0 Å². The van der Waals surface area contributed by atoms with Gasteiger partial charge in [0.25, 0.3) is 0 Å². The molecule has 3 rings (SSSR count). The number of hydrogen-bond donors (Lipinski definition) is 0. The van der Waals surface area contributed by atoms with Gasteiger partial charge < -0.3 is 14.2 Å². The molecule has 0 amide bonds. The van der Waals surface area contributed by atoms with Gasteiger partial charge in [-0.25, -0.2) is 0 Å². The molecular formula is C21H21NO4. The Morgan fingerprint density at radius 2 is 1.77 bits per heavy atom. The molecule has 0 unspecified atom stereocenters. The van der Waals surface area contributed by atoms with Gasteiger partial charge >= 0.3 is 5.97 Å². The van der Waals surface area contributed by atoms with Crippen LogP contribution in [0, 0.1) is 0 Å². The monoisotopic (exact) mass is 351 g/mol. The molecule has 0 N–H and O–H groups in total. The number of carbonyl (C=O) groups excluding carboxylic acids is 1. The molecule has 0 spiro atoms. The van der Waals surface area contributed by atoms with Crippen molar-refractivity contribution in [3.8, 4) is 11.5 Å². The van der Waals surface area contributed by atoms with Crippen LogP contribution in [0.2, 0.25) is 0 Å². The second-order valence-corrected chi connectivity index (χ2v) is 5.82. The molecule has 2 aromatic carbocycles. The summed E-state index contributed by atoms with van der Waals surface area (Å²) in [6, 6.07) is 15.4. The standard InChI is InChI=1S/C21H21NO4/c1-3-25-21(23)11-16-10-17-12-19(8-9-20(17)22-13-16)26-14-15-4-6-18(24-2)7-5-15/h4-10,12-13H,3,11,14H2,1-2H3. The fraction of sp³-hybridized carbons (Fsp3) is 0.238. The molecule has 0 aliphatic carbocycles. The summed E-state index contributed by atoms with van der Waals surface area (Å²) in [7, 11) is 1.64. The highest BCUT2D eigenvalue weighted by Gasteiger charge is 2.06. The predicted molar refractivity (Wildman–Crippen MR) is 99.4 cm³/mol. The van der Waals surface area contributed by atoms with Gasteiger partial charge in [0.2, 0.25) is 0 Å². The normalized spacial score (nSPS) is 10.5. The van der Waals surface area contributed by atoms with E-state index in [2.05, 4.69) is 4.98 Å². The average Bonchev–Trinajstić information content (AvgIpc) is 2.66. The molecule has 0 saturated carbocycles. The van der Waals surface area contributed by atoms with Crippen molar-refractivity contribution >= 4 is 16.9 Å². The van der Waals surface area contributed by atoms with Gasteiger partial charge in [-0.2, -0.15) is 0 Å². The van der Waals surface area contributed by atoms with Crippen molar-refractivity contribution in [3.63, 3.8) is 0 Å². The van der Waals surface area contributed by atoms with Gasteiger partial charge in [-0.15, -0.1) is 0 Å². The van der Waals surface area contributed by atoms with Crippen LogP contribution in [-0.4, -0.2) is 24.7 Å². The zero-order valence-corrected chi connectivity index (χ0v) is 14.9. The van der Waals surface area contributed by atoms with Gasteiger partial charge in [0.15, 0.2) is 0 Å². The molecule has 1 heterocycles. The first-order valence-corrected chi connectivity index (χ1v) is 8.48. The Morgan fingerprint density at radius 3 is 2.50 bits per heavy atom. The van der Waals surface area contributed by atoms with Crippen LogP contribution >= 0.6 is 0 Å². The maximum absolute atomic E-state index is 11.6. The smallest absolute Gasteiger partial charge is 0.310 e. The van der Waals surface area contributed by atoms with Crippen molar-refractivity contribution in [2.75, 3.05) is 13.7 Å². The molecule has 26 heavy (non-hydrogen) atoms. The number of aromatic nitrogens is 1. The van der Waals surface area contributed by atoms with E-state index in [4.69, 9.17) is 14.2 Å². The third-order valence-corrected chi connectivity index (χ3v) is 3.93. The summed E-state index contributed by atoms with van der Waals surface area (Å²) >= 11 is 0. The lowest BCUT2D eigenvalue weighted by Gasteiger charge is -2.09. The highest BCUT2D eigenvalue weighted by molar-refractivity contribution is 5.82. The Morgan fingerprint density at radius 1 is 1.00 bits per heavy atom. The first-order valence-electron chi connectivity index (χ1n) is 8.48. The summed E-state index contributed by atoms with van der Waals surface area (Å²) in [4.78, 5) is 16.0. The Labute approximate surface area is 152 Å². The Balaban J connectivity index is 1.71. The second kappa shape index (κ2) is 8.34. The van der Waals surface area contributed by atoms with Crippen LogP contribution in [0.5, 0.6) is 11.5 Å². The molecule has 134 valence electrons. The molecular weight excluding hydrogens is 330 g/mol. The van der Waals surface area contributed by atoms with Gasteiger partial charge in [0.05, 0.1) is 25.7 Å². The molecule has 1 aromatic heterocycles. The predicted octanol–water partition coefficient (Wildman–Crippen LogP) is 3.93.